The van der Waals surface area contributed by atoms with Gasteiger partial charge in [-0.1, -0.05) is 24.0 Å². The molecule has 168 valence electrons. The Morgan fingerprint density at radius 3 is 2.88 bits per heavy atom. The fourth-order valence-electron chi connectivity index (χ4n) is 3.91. The van der Waals surface area contributed by atoms with Crippen molar-refractivity contribution in [1.82, 2.24) is 34.7 Å². The molecule has 4 aromatic heterocycles. The molecule has 1 aromatic carbocycles. The van der Waals surface area contributed by atoms with Crippen LogP contribution in [0.5, 0.6) is 0 Å². The van der Waals surface area contributed by atoms with Gasteiger partial charge in [-0.25, -0.2) is 9.50 Å². The molecule has 0 unspecified atom stereocenters. The molecule has 0 saturated heterocycles. The Labute approximate surface area is 194 Å². The lowest BCUT2D eigenvalue weighted by atomic mass is 10.0. The summed E-state index contributed by atoms with van der Waals surface area (Å²) in [5.41, 5.74) is 3.17. The average molecular weight is 451 g/mol. The Hall–Kier alpha value is -4.71. The van der Waals surface area contributed by atoms with Gasteiger partial charge in [-0.05, 0) is 37.4 Å². The fraction of sp³-hybridized carbons (Fsp3) is 0.160. The van der Waals surface area contributed by atoms with Gasteiger partial charge in [0.05, 0.1) is 28.9 Å². The first-order valence-electron chi connectivity index (χ1n) is 10.7. The van der Waals surface area contributed by atoms with Crippen molar-refractivity contribution < 1.29 is 4.79 Å². The smallest absolute Gasteiger partial charge is 0.257 e. The van der Waals surface area contributed by atoms with Gasteiger partial charge in [-0.3, -0.25) is 14.3 Å². The summed E-state index contributed by atoms with van der Waals surface area (Å²) in [6, 6.07) is 8.68. The van der Waals surface area contributed by atoms with E-state index < -0.39 is 6.04 Å². The van der Waals surface area contributed by atoms with E-state index in [1.54, 1.807) is 40.8 Å². The zero-order valence-electron chi connectivity index (χ0n) is 18.8. The van der Waals surface area contributed by atoms with Gasteiger partial charge in [0.1, 0.15) is 5.56 Å². The van der Waals surface area contributed by atoms with Crippen LogP contribution in [0.4, 0.5) is 0 Å². The van der Waals surface area contributed by atoms with Gasteiger partial charge in [-0.15, -0.1) is 0 Å². The molecular formula is C25H21N7O2. The van der Waals surface area contributed by atoms with Crippen LogP contribution in [0.3, 0.4) is 0 Å². The molecule has 0 fully saturated rings. The van der Waals surface area contributed by atoms with E-state index in [-0.39, 0.29) is 11.5 Å². The molecule has 0 radical (unpaired) electrons. The summed E-state index contributed by atoms with van der Waals surface area (Å²) in [5, 5.41) is 12.6. The maximum Gasteiger partial charge on any atom is 0.257 e. The number of fused-ring (bicyclic) bond motifs is 2. The van der Waals surface area contributed by atoms with Crippen LogP contribution in [-0.4, -0.2) is 35.3 Å². The second-order valence-corrected chi connectivity index (χ2v) is 8.02. The highest BCUT2D eigenvalue weighted by molar-refractivity contribution is 6.01. The topological polar surface area (TPSA) is 110 Å². The normalized spacial score (nSPS) is 11.9. The van der Waals surface area contributed by atoms with Crippen molar-refractivity contribution in [1.29, 1.82) is 0 Å². The van der Waals surface area contributed by atoms with Gasteiger partial charge in [0.25, 0.3) is 11.5 Å². The number of carbonyl (C=O) groups excluding carboxylic acids is 1. The van der Waals surface area contributed by atoms with E-state index in [1.807, 2.05) is 44.4 Å². The number of hydrogen-bond donors (Lipinski definition) is 2. The zero-order valence-corrected chi connectivity index (χ0v) is 18.8. The molecule has 9 heteroatoms. The molecule has 0 aliphatic rings. The van der Waals surface area contributed by atoms with E-state index in [2.05, 4.69) is 37.3 Å². The van der Waals surface area contributed by atoms with Gasteiger partial charge in [0, 0.05) is 36.9 Å². The van der Waals surface area contributed by atoms with E-state index in [9.17, 15) is 9.59 Å². The van der Waals surface area contributed by atoms with Crippen molar-refractivity contribution in [3.05, 3.63) is 93.6 Å². The van der Waals surface area contributed by atoms with Gasteiger partial charge in [-0.2, -0.15) is 10.2 Å². The van der Waals surface area contributed by atoms with Gasteiger partial charge in [0.2, 0.25) is 0 Å². The summed E-state index contributed by atoms with van der Waals surface area (Å²) in [7, 11) is 1.82. The second kappa shape index (κ2) is 8.33. The highest BCUT2D eigenvalue weighted by Crippen LogP contribution is 2.20. The molecule has 5 rings (SSSR count). The van der Waals surface area contributed by atoms with Crippen LogP contribution in [0, 0.1) is 18.8 Å². The van der Waals surface area contributed by atoms with E-state index in [4.69, 9.17) is 0 Å². The second-order valence-electron chi connectivity index (χ2n) is 8.02. The molecule has 0 saturated carbocycles. The molecule has 1 atom stereocenters. The van der Waals surface area contributed by atoms with Crippen LogP contribution in [0.25, 0.3) is 16.4 Å². The number of amides is 1. The number of benzene rings is 1. The minimum atomic E-state index is -0.451. The Bertz CT molecular complexity index is 1680. The minimum Gasteiger partial charge on any atom is -0.344 e. The molecule has 9 nitrogen and oxygen atoms in total. The van der Waals surface area contributed by atoms with Crippen molar-refractivity contribution in [3.8, 4) is 11.8 Å². The van der Waals surface area contributed by atoms with E-state index in [0.717, 1.165) is 10.9 Å². The number of aryl methyl sites for hydroxylation is 2. The Kier molecular flexibility index (Phi) is 5.18. The summed E-state index contributed by atoms with van der Waals surface area (Å²) < 4.78 is 3.24. The van der Waals surface area contributed by atoms with Crippen LogP contribution < -0.4 is 10.9 Å². The maximum atomic E-state index is 13.0. The Balaban J connectivity index is 1.46. The quantitative estimate of drug-likeness (QED) is 0.410. The zero-order chi connectivity index (χ0) is 23.8. The third-order valence-corrected chi connectivity index (χ3v) is 5.55. The molecule has 4 heterocycles. The monoisotopic (exact) mass is 451 g/mol. The third kappa shape index (κ3) is 3.82. The fourth-order valence-corrected chi connectivity index (χ4v) is 3.91. The molecule has 2 N–H and O–H groups in total. The molecule has 0 aliphatic heterocycles. The number of hydrogen-bond acceptors (Lipinski definition) is 5. The van der Waals surface area contributed by atoms with E-state index >= 15 is 0 Å². The van der Waals surface area contributed by atoms with Crippen LogP contribution in [0.1, 0.15) is 45.8 Å². The number of nitrogens with one attached hydrogen (secondary N) is 2. The number of rotatable bonds is 3. The van der Waals surface area contributed by atoms with E-state index in [1.165, 1.54) is 0 Å². The number of aromatic amines is 1. The number of carbonyl (C=O) groups is 1. The largest absolute Gasteiger partial charge is 0.344 e. The van der Waals surface area contributed by atoms with Crippen LogP contribution in [-0.2, 0) is 7.05 Å². The highest BCUT2D eigenvalue weighted by atomic mass is 16.2. The maximum absolute atomic E-state index is 13.0. The van der Waals surface area contributed by atoms with Gasteiger partial charge < -0.3 is 10.3 Å². The number of nitrogens with zero attached hydrogens (tertiary/aromatic N) is 5. The van der Waals surface area contributed by atoms with E-state index in [0.29, 0.717) is 33.5 Å². The Morgan fingerprint density at radius 2 is 2.09 bits per heavy atom. The average Bonchev–Trinajstić information content (AvgIpc) is 3.38. The SMILES string of the molecule is Cc1nn2cccnc2c1C(=O)N[C@H](C)c1cc2cccc(C#Cc3cnn(C)c3)c2c(=O)[nH]1. The van der Waals surface area contributed by atoms with Crippen molar-refractivity contribution >= 4 is 22.3 Å². The lowest BCUT2D eigenvalue weighted by Crippen LogP contribution is -2.29. The predicted molar refractivity (Wildman–Crippen MR) is 127 cm³/mol. The standard InChI is InChI=1S/C25H21N7O2/c1-15(28-24(33)21-16(2)30-32-11-5-10-26-23(21)32)20-12-19-7-4-6-18(22(19)25(34)29-20)9-8-17-13-27-31(3)14-17/h4-7,10-15H,1-3H3,(H,28,33)(H,29,34)/t15-/m1/s1. The summed E-state index contributed by atoms with van der Waals surface area (Å²) in [6.07, 6.45) is 6.84. The predicted octanol–water partition coefficient (Wildman–Crippen LogP) is 2.50. The van der Waals surface area contributed by atoms with Crippen LogP contribution >= 0.6 is 0 Å². The number of aromatic nitrogens is 6. The first-order chi connectivity index (χ1) is 16.4. The lowest BCUT2D eigenvalue weighted by Gasteiger charge is -2.15. The number of H-pyrrole nitrogens is 1. The molecule has 1 amide bonds. The molecule has 5 aromatic rings. The van der Waals surface area contributed by atoms with Crippen molar-refractivity contribution in [3.63, 3.8) is 0 Å². The number of pyridine rings is 1. The third-order valence-electron chi connectivity index (χ3n) is 5.55. The summed E-state index contributed by atoms with van der Waals surface area (Å²) in [4.78, 5) is 33.2. The van der Waals surface area contributed by atoms with Crippen LogP contribution in [0.2, 0.25) is 0 Å². The lowest BCUT2D eigenvalue weighted by molar-refractivity contribution is 0.0940. The summed E-state index contributed by atoms with van der Waals surface area (Å²) in [5.74, 6) is 5.81. The molecular weight excluding hydrogens is 430 g/mol. The highest BCUT2D eigenvalue weighted by Gasteiger charge is 2.21. The first kappa shape index (κ1) is 21.2. The molecule has 0 aliphatic carbocycles. The first-order valence-corrected chi connectivity index (χ1v) is 10.7. The van der Waals surface area contributed by atoms with Gasteiger partial charge >= 0.3 is 0 Å². The van der Waals surface area contributed by atoms with Crippen molar-refractivity contribution in [2.24, 2.45) is 7.05 Å². The van der Waals surface area contributed by atoms with Crippen molar-refractivity contribution in [2.45, 2.75) is 19.9 Å². The molecule has 0 bridgehead atoms. The van der Waals surface area contributed by atoms with Gasteiger partial charge in [0.15, 0.2) is 5.65 Å². The molecule has 0 spiro atoms. The Morgan fingerprint density at radius 1 is 1.24 bits per heavy atom. The minimum absolute atomic E-state index is 0.265. The summed E-state index contributed by atoms with van der Waals surface area (Å²) in [6.45, 7) is 3.58. The van der Waals surface area contributed by atoms with Crippen molar-refractivity contribution in [2.75, 3.05) is 0 Å². The summed E-state index contributed by atoms with van der Waals surface area (Å²) >= 11 is 0. The van der Waals surface area contributed by atoms with Crippen LogP contribution in [0.15, 0.2) is 59.9 Å². The molecule has 34 heavy (non-hydrogen) atoms.